The lowest BCUT2D eigenvalue weighted by Crippen LogP contribution is -2.42. The SMILES string of the molecule is NC(c1ccc(OCc2ccccc2)cc1)N1CCOCC1. The summed E-state index contributed by atoms with van der Waals surface area (Å²) in [5.74, 6) is 0.863. The van der Waals surface area contributed by atoms with Crippen molar-refractivity contribution in [1.82, 2.24) is 4.90 Å². The average Bonchev–Trinajstić information content (AvgIpc) is 2.61. The highest BCUT2D eigenvalue weighted by Crippen LogP contribution is 2.20. The molecule has 0 bridgehead atoms. The Morgan fingerprint density at radius 2 is 1.68 bits per heavy atom. The molecule has 2 N–H and O–H groups in total. The van der Waals surface area contributed by atoms with Gasteiger partial charge in [-0.2, -0.15) is 0 Å². The summed E-state index contributed by atoms with van der Waals surface area (Å²) in [4.78, 5) is 2.24. The molecule has 0 aliphatic carbocycles. The van der Waals surface area contributed by atoms with Gasteiger partial charge in [0.25, 0.3) is 0 Å². The second-order valence-electron chi connectivity index (χ2n) is 5.44. The van der Waals surface area contributed by atoms with Crippen LogP contribution in [0.3, 0.4) is 0 Å². The molecule has 0 amide bonds. The number of nitrogens with two attached hydrogens (primary N) is 1. The summed E-state index contributed by atoms with van der Waals surface area (Å²) >= 11 is 0. The van der Waals surface area contributed by atoms with E-state index in [9.17, 15) is 0 Å². The van der Waals surface area contributed by atoms with E-state index < -0.39 is 0 Å². The van der Waals surface area contributed by atoms with Crippen molar-refractivity contribution >= 4 is 0 Å². The highest BCUT2D eigenvalue weighted by Gasteiger charge is 2.18. The first-order valence-corrected chi connectivity index (χ1v) is 7.67. The van der Waals surface area contributed by atoms with E-state index in [1.165, 1.54) is 0 Å². The number of rotatable bonds is 5. The number of nitrogens with zero attached hydrogens (tertiary/aromatic N) is 1. The fourth-order valence-electron chi connectivity index (χ4n) is 2.57. The molecule has 0 saturated carbocycles. The third-order valence-electron chi connectivity index (χ3n) is 3.91. The molecule has 2 aromatic carbocycles. The van der Waals surface area contributed by atoms with E-state index >= 15 is 0 Å². The van der Waals surface area contributed by atoms with Crippen LogP contribution in [0.25, 0.3) is 0 Å². The zero-order chi connectivity index (χ0) is 15.2. The van der Waals surface area contributed by atoms with Gasteiger partial charge in [0.05, 0.1) is 19.4 Å². The second kappa shape index (κ2) is 7.40. The van der Waals surface area contributed by atoms with E-state index in [0.29, 0.717) is 6.61 Å². The first kappa shape index (κ1) is 15.0. The van der Waals surface area contributed by atoms with Crippen LogP contribution < -0.4 is 10.5 Å². The minimum atomic E-state index is -0.0768. The standard InChI is InChI=1S/C18H22N2O2/c19-18(20-10-12-21-13-11-20)16-6-8-17(9-7-16)22-14-15-4-2-1-3-5-15/h1-9,18H,10-14,19H2. The van der Waals surface area contributed by atoms with Crippen molar-refractivity contribution in [1.29, 1.82) is 0 Å². The Balaban J connectivity index is 1.57. The fourth-order valence-corrected chi connectivity index (χ4v) is 2.57. The Kier molecular flexibility index (Phi) is 5.06. The molecular weight excluding hydrogens is 276 g/mol. The predicted molar refractivity (Wildman–Crippen MR) is 86.5 cm³/mol. The Bertz CT molecular complexity index is 565. The minimum Gasteiger partial charge on any atom is -0.489 e. The van der Waals surface area contributed by atoms with Gasteiger partial charge in [-0.05, 0) is 23.3 Å². The van der Waals surface area contributed by atoms with Gasteiger partial charge in [0.15, 0.2) is 0 Å². The first-order chi connectivity index (χ1) is 10.8. The zero-order valence-electron chi connectivity index (χ0n) is 12.7. The molecule has 4 nitrogen and oxygen atoms in total. The summed E-state index contributed by atoms with van der Waals surface area (Å²) < 4.78 is 11.2. The van der Waals surface area contributed by atoms with E-state index in [0.717, 1.165) is 43.2 Å². The quantitative estimate of drug-likeness (QED) is 0.921. The van der Waals surface area contributed by atoms with Gasteiger partial charge in [0.2, 0.25) is 0 Å². The smallest absolute Gasteiger partial charge is 0.119 e. The van der Waals surface area contributed by atoms with E-state index in [4.69, 9.17) is 15.2 Å². The Hall–Kier alpha value is -1.88. The Labute approximate surface area is 131 Å². The van der Waals surface area contributed by atoms with Crippen LogP contribution >= 0.6 is 0 Å². The lowest BCUT2D eigenvalue weighted by molar-refractivity contribution is 0.0173. The highest BCUT2D eigenvalue weighted by molar-refractivity contribution is 5.29. The van der Waals surface area contributed by atoms with Gasteiger partial charge in [-0.3, -0.25) is 4.90 Å². The molecule has 1 fully saturated rings. The van der Waals surface area contributed by atoms with Crippen molar-refractivity contribution in [3.63, 3.8) is 0 Å². The molecule has 1 saturated heterocycles. The van der Waals surface area contributed by atoms with Crippen molar-refractivity contribution in [2.24, 2.45) is 5.73 Å². The van der Waals surface area contributed by atoms with E-state index in [1.807, 2.05) is 42.5 Å². The summed E-state index contributed by atoms with van der Waals surface area (Å²) in [7, 11) is 0. The fraction of sp³-hybridized carbons (Fsp3) is 0.333. The maximum atomic E-state index is 6.31. The number of morpholine rings is 1. The molecule has 3 rings (SSSR count). The zero-order valence-corrected chi connectivity index (χ0v) is 12.7. The minimum absolute atomic E-state index is 0.0768. The molecule has 1 unspecified atom stereocenters. The highest BCUT2D eigenvalue weighted by atomic mass is 16.5. The van der Waals surface area contributed by atoms with Crippen LogP contribution in [-0.4, -0.2) is 31.2 Å². The number of hydrogen-bond acceptors (Lipinski definition) is 4. The van der Waals surface area contributed by atoms with E-state index in [2.05, 4.69) is 17.0 Å². The molecule has 1 atom stereocenters. The Morgan fingerprint density at radius 1 is 1.00 bits per heavy atom. The maximum Gasteiger partial charge on any atom is 0.119 e. The van der Waals surface area contributed by atoms with Crippen LogP contribution in [0.1, 0.15) is 17.3 Å². The van der Waals surface area contributed by atoms with E-state index in [1.54, 1.807) is 0 Å². The topological polar surface area (TPSA) is 47.7 Å². The number of ether oxygens (including phenoxy) is 2. The van der Waals surface area contributed by atoms with Gasteiger partial charge in [0, 0.05) is 13.1 Å². The average molecular weight is 298 g/mol. The normalized spacial score (nSPS) is 17.1. The van der Waals surface area contributed by atoms with Crippen molar-refractivity contribution < 1.29 is 9.47 Å². The van der Waals surface area contributed by atoms with E-state index in [-0.39, 0.29) is 6.17 Å². The van der Waals surface area contributed by atoms with Gasteiger partial charge >= 0.3 is 0 Å². The molecule has 1 heterocycles. The molecule has 4 heteroatoms. The van der Waals surface area contributed by atoms with Crippen LogP contribution in [0.5, 0.6) is 5.75 Å². The largest absolute Gasteiger partial charge is 0.489 e. The monoisotopic (exact) mass is 298 g/mol. The van der Waals surface area contributed by atoms with Gasteiger partial charge < -0.3 is 15.2 Å². The lowest BCUT2D eigenvalue weighted by Gasteiger charge is -2.32. The van der Waals surface area contributed by atoms with Crippen molar-refractivity contribution in [3.8, 4) is 5.75 Å². The molecule has 1 aliphatic rings. The van der Waals surface area contributed by atoms with Gasteiger partial charge in [0.1, 0.15) is 12.4 Å². The molecule has 2 aromatic rings. The number of hydrogen-bond donors (Lipinski definition) is 1. The van der Waals surface area contributed by atoms with Gasteiger partial charge in [-0.1, -0.05) is 42.5 Å². The summed E-state index contributed by atoms with van der Waals surface area (Å²) in [5, 5.41) is 0. The summed E-state index contributed by atoms with van der Waals surface area (Å²) in [5.41, 5.74) is 8.58. The third-order valence-corrected chi connectivity index (χ3v) is 3.91. The summed E-state index contributed by atoms with van der Waals surface area (Å²) in [6, 6.07) is 18.2. The number of benzene rings is 2. The maximum absolute atomic E-state index is 6.31. The molecule has 116 valence electrons. The van der Waals surface area contributed by atoms with Crippen LogP contribution in [0.2, 0.25) is 0 Å². The van der Waals surface area contributed by atoms with Gasteiger partial charge in [-0.25, -0.2) is 0 Å². The summed E-state index contributed by atoms with van der Waals surface area (Å²) in [6.07, 6.45) is -0.0768. The van der Waals surface area contributed by atoms with Crippen LogP contribution in [0.4, 0.5) is 0 Å². The predicted octanol–water partition coefficient (Wildman–Crippen LogP) is 2.56. The molecular formula is C18H22N2O2. The van der Waals surface area contributed by atoms with Crippen LogP contribution in [-0.2, 0) is 11.3 Å². The molecule has 1 aliphatic heterocycles. The van der Waals surface area contributed by atoms with Crippen molar-refractivity contribution in [3.05, 3.63) is 65.7 Å². The molecule has 22 heavy (non-hydrogen) atoms. The van der Waals surface area contributed by atoms with Crippen molar-refractivity contribution in [2.75, 3.05) is 26.3 Å². The van der Waals surface area contributed by atoms with Gasteiger partial charge in [-0.15, -0.1) is 0 Å². The Morgan fingerprint density at radius 3 is 2.36 bits per heavy atom. The van der Waals surface area contributed by atoms with Crippen LogP contribution in [0, 0.1) is 0 Å². The molecule has 0 spiro atoms. The second-order valence-corrected chi connectivity index (χ2v) is 5.44. The summed E-state index contributed by atoms with van der Waals surface area (Å²) in [6.45, 7) is 3.86. The first-order valence-electron chi connectivity index (χ1n) is 7.67. The lowest BCUT2D eigenvalue weighted by atomic mass is 10.1. The van der Waals surface area contributed by atoms with Crippen molar-refractivity contribution in [2.45, 2.75) is 12.8 Å². The molecule has 0 aromatic heterocycles. The van der Waals surface area contributed by atoms with Crippen LogP contribution in [0.15, 0.2) is 54.6 Å². The molecule has 0 radical (unpaired) electrons. The third kappa shape index (κ3) is 3.85.